The number of hydrogen-bond donors (Lipinski definition) is 0. The Balaban J connectivity index is 1.36. The van der Waals surface area contributed by atoms with Crippen LogP contribution in [0.5, 0.6) is 0 Å². The topological polar surface area (TPSA) is 38.7 Å². The highest BCUT2D eigenvalue weighted by molar-refractivity contribution is 6.25. The second-order valence-corrected chi connectivity index (χ2v) is 10.5. The van der Waals surface area contributed by atoms with Crippen molar-refractivity contribution in [2.75, 3.05) is 0 Å². The summed E-state index contributed by atoms with van der Waals surface area (Å²) in [5, 5.41) is -2.58. The SMILES string of the molecule is [2H]c1c([2H])c(-c2nc(-c3ccccc3)nc(-c3ccccc3)n2)c([2H])c(-c2c([2H])c([2H])c(-c3c([2H])c([2H])c4c5c([2H])c([2H])c([2H])c([2H])c5c5c([2H])c([2H])c([2H])c([2H])c5c4c3[2H])c([2H])c2[2H])c1[2H]. The first-order valence-electron chi connectivity index (χ1n) is 24.2. The average Bonchev–Trinajstić information content (AvgIpc) is 3.33. The van der Waals surface area contributed by atoms with Gasteiger partial charge in [-0.25, -0.2) is 15.0 Å². The van der Waals surface area contributed by atoms with Crippen LogP contribution in [0.2, 0.25) is 0 Å². The molecule has 0 radical (unpaired) electrons. The first-order chi connectivity index (χ1) is 31.7. The first-order valence-corrected chi connectivity index (χ1v) is 14.7. The van der Waals surface area contributed by atoms with Gasteiger partial charge in [0.25, 0.3) is 0 Å². The van der Waals surface area contributed by atoms with Crippen molar-refractivity contribution >= 4 is 32.3 Å². The van der Waals surface area contributed by atoms with E-state index in [2.05, 4.69) is 15.0 Å². The molecule has 3 nitrogen and oxygen atoms in total. The third-order valence-electron chi connectivity index (χ3n) is 7.61. The second kappa shape index (κ2) is 11.7. The largest absolute Gasteiger partial charge is 0.208 e. The van der Waals surface area contributed by atoms with E-state index in [1.807, 2.05) is 0 Å². The molecule has 3 heteroatoms. The van der Waals surface area contributed by atoms with E-state index in [1.54, 1.807) is 60.7 Å². The Morgan fingerprint density at radius 1 is 0.292 bits per heavy atom. The summed E-state index contributed by atoms with van der Waals surface area (Å²) in [7, 11) is 0. The van der Waals surface area contributed by atoms with Gasteiger partial charge in [0.2, 0.25) is 0 Å². The molecule has 0 spiro atoms. The summed E-state index contributed by atoms with van der Waals surface area (Å²) in [5.41, 5.74) is -1.96. The van der Waals surface area contributed by atoms with Crippen LogP contribution in [0.4, 0.5) is 0 Å². The van der Waals surface area contributed by atoms with E-state index < -0.39 is 164 Å². The molecule has 0 unspecified atom stereocenters. The monoisotopic (exact) mass is 630 g/mol. The number of fused-ring (bicyclic) bond motifs is 6. The third kappa shape index (κ3) is 4.99. The fourth-order valence-electron chi connectivity index (χ4n) is 5.34. The molecule has 0 saturated heterocycles. The molecule has 1 heterocycles. The zero-order valence-corrected chi connectivity index (χ0v) is 24.6. The molecular weight excluding hydrogens is 583 g/mol. The van der Waals surface area contributed by atoms with Gasteiger partial charge in [0, 0.05) is 16.7 Å². The smallest absolute Gasteiger partial charge is 0.164 e. The Hall–Kier alpha value is -6.45. The molecule has 0 aliphatic rings. The summed E-state index contributed by atoms with van der Waals surface area (Å²) < 4.78 is 171. The zero-order valence-electron chi connectivity index (χ0n) is 43.6. The van der Waals surface area contributed by atoms with Crippen LogP contribution in [0.3, 0.4) is 0 Å². The maximum atomic E-state index is 9.58. The van der Waals surface area contributed by atoms with Gasteiger partial charge in [-0.1, -0.05) is 163 Å². The summed E-state index contributed by atoms with van der Waals surface area (Å²) >= 11 is 0. The van der Waals surface area contributed by atoms with E-state index in [0.29, 0.717) is 11.1 Å². The van der Waals surface area contributed by atoms with Gasteiger partial charge in [-0.05, 0) is 66.7 Å². The lowest BCUT2D eigenvalue weighted by molar-refractivity contribution is 1.07. The lowest BCUT2D eigenvalue weighted by atomic mass is 9.92. The second-order valence-electron chi connectivity index (χ2n) is 10.5. The van der Waals surface area contributed by atoms with Gasteiger partial charge in [0.1, 0.15) is 0 Å². The Bertz CT molecular complexity index is 3550. The number of rotatable bonds is 5. The minimum Gasteiger partial charge on any atom is -0.208 e. The number of aromatic nitrogens is 3. The van der Waals surface area contributed by atoms with Crippen molar-refractivity contribution in [2.45, 2.75) is 0 Å². The maximum absolute atomic E-state index is 9.58. The quantitative estimate of drug-likeness (QED) is 0.178. The molecule has 224 valence electrons. The highest BCUT2D eigenvalue weighted by Crippen LogP contribution is 2.37. The predicted molar refractivity (Wildman–Crippen MR) is 200 cm³/mol. The van der Waals surface area contributed by atoms with Crippen LogP contribution in [0.1, 0.15) is 26.0 Å². The summed E-state index contributed by atoms with van der Waals surface area (Å²) in [6.45, 7) is 0. The Labute approximate surface area is 305 Å². The van der Waals surface area contributed by atoms with Crippen molar-refractivity contribution in [3.63, 3.8) is 0 Å². The molecule has 8 aromatic carbocycles. The van der Waals surface area contributed by atoms with E-state index >= 15 is 0 Å². The molecule has 0 amide bonds. The van der Waals surface area contributed by atoms with Crippen molar-refractivity contribution in [2.24, 2.45) is 0 Å². The minimum atomic E-state index is -0.926. The van der Waals surface area contributed by atoms with Gasteiger partial charge in [0.05, 0.1) is 26.0 Å². The molecule has 1 aromatic heterocycles. The summed E-state index contributed by atoms with van der Waals surface area (Å²) in [4.78, 5) is 13.8. The van der Waals surface area contributed by atoms with Crippen LogP contribution in [-0.4, -0.2) is 15.0 Å². The zero-order chi connectivity index (χ0) is 48.4. The molecule has 48 heavy (non-hydrogen) atoms. The summed E-state index contributed by atoms with van der Waals surface area (Å²) in [6.07, 6.45) is 0. The van der Waals surface area contributed by atoms with Gasteiger partial charge in [-0.3, -0.25) is 0 Å². The number of hydrogen-bond acceptors (Lipinski definition) is 3. The highest BCUT2D eigenvalue weighted by atomic mass is 15.0. The van der Waals surface area contributed by atoms with Gasteiger partial charge in [-0.2, -0.15) is 0 Å². The maximum Gasteiger partial charge on any atom is 0.164 e. The fourth-order valence-corrected chi connectivity index (χ4v) is 5.34. The van der Waals surface area contributed by atoms with E-state index in [4.69, 9.17) is 15.1 Å². The molecule has 9 aromatic rings. The van der Waals surface area contributed by atoms with Crippen LogP contribution in [0.15, 0.2) is 175 Å². The van der Waals surface area contributed by atoms with Gasteiger partial charge < -0.3 is 0 Å². The third-order valence-corrected chi connectivity index (χ3v) is 7.61. The van der Waals surface area contributed by atoms with E-state index in [9.17, 15) is 11.0 Å². The van der Waals surface area contributed by atoms with Crippen LogP contribution >= 0.6 is 0 Å². The lowest BCUT2D eigenvalue weighted by Crippen LogP contribution is -2.00. The van der Waals surface area contributed by atoms with E-state index in [0.717, 1.165) is 0 Å². The van der Waals surface area contributed by atoms with Crippen molar-refractivity contribution in [1.29, 1.82) is 0 Å². The van der Waals surface area contributed by atoms with Gasteiger partial charge >= 0.3 is 0 Å². The first kappa shape index (κ1) is 14.5. The molecule has 0 fully saturated rings. The van der Waals surface area contributed by atoms with Gasteiger partial charge in [0.15, 0.2) is 17.5 Å². The summed E-state index contributed by atoms with van der Waals surface area (Å²) in [6, 6.07) is 2.44. The fraction of sp³-hybridized carbons (Fsp3) is 0. The van der Waals surface area contributed by atoms with Crippen molar-refractivity contribution < 1.29 is 26.0 Å². The van der Waals surface area contributed by atoms with Crippen molar-refractivity contribution in [1.82, 2.24) is 15.0 Å². The van der Waals surface area contributed by atoms with Crippen LogP contribution in [0.25, 0.3) is 88.7 Å². The molecule has 0 saturated carbocycles. The van der Waals surface area contributed by atoms with Crippen LogP contribution < -0.4 is 0 Å². The average molecular weight is 631 g/mol. The highest BCUT2D eigenvalue weighted by Gasteiger charge is 2.14. The molecule has 0 bridgehead atoms. The van der Waals surface area contributed by atoms with E-state index in [-0.39, 0.29) is 28.4 Å². The van der Waals surface area contributed by atoms with E-state index in [1.165, 1.54) is 0 Å². The number of nitrogens with zero attached hydrogens (tertiary/aromatic N) is 3. The molecular formula is C45H29N3. The molecule has 0 N–H and O–H groups in total. The molecule has 0 aliphatic heterocycles. The minimum absolute atomic E-state index is 0.137. The van der Waals surface area contributed by atoms with Gasteiger partial charge in [-0.15, -0.1) is 0 Å². The van der Waals surface area contributed by atoms with Crippen LogP contribution in [-0.2, 0) is 0 Å². The molecule has 9 rings (SSSR count). The van der Waals surface area contributed by atoms with Crippen molar-refractivity contribution in [3.8, 4) is 56.4 Å². The lowest BCUT2D eigenvalue weighted by Gasteiger charge is -2.12. The Morgan fingerprint density at radius 3 is 1.21 bits per heavy atom. The van der Waals surface area contributed by atoms with Crippen molar-refractivity contribution in [3.05, 3.63) is 175 Å². The molecule has 0 atom stereocenters. The Morgan fingerprint density at radius 2 is 0.688 bits per heavy atom. The summed E-state index contributed by atoms with van der Waals surface area (Å²) in [5.74, 6) is 0.0139. The Kier molecular flexibility index (Phi) is 3.55. The van der Waals surface area contributed by atoms with Crippen LogP contribution in [0, 0.1) is 0 Å². The number of benzene rings is 8. The molecule has 0 aliphatic carbocycles. The predicted octanol–water partition coefficient (Wildman–Crippen LogP) is 11.7. The normalized spacial score (nSPS) is 16.9. The standard InChI is InChI=1S/C45H29N3/c1-3-12-32(13-4-1)43-46-44(33-14-5-2-6-15-33)48-45(47-43)36-17-11-16-34(28-36)30-22-24-31(25-23-30)35-26-27-41-39-20-8-7-18-37(39)38-19-9-10-21-40(38)42(41)29-35/h1-29H/i7D,8D,9D,10D,11D,16D,17D,18D,19D,20D,21D,22D,23D,24D,25D,26D,27D,28D,29D.